The molecular weight excluding hydrogens is 472 g/mol. The van der Waals surface area contributed by atoms with Crippen LogP contribution >= 0.6 is 24.0 Å². The molecule has 8 heteroatoms. The first-order chi connectivity index (χ1) is 13.2. The number of halogens is 2. The number of methoxy groups -OCH3 is 1. The quantitative estimate of drug-likeness (QED) is 0.265. The number of guanidine groups is 1. The van der Waals surface area contributed by atoms with Crippen molar-refractivity contribution in [2.24, 2.45) is 4.99 Å². The van der Waals surface area contributed by atoms with Gasteiger partial charge >= 0.3 is 0 Å². The predicted octanol–water partition coefficient (Wildman–Crippen LogP) is 3.63. The lowest BCUT2D eigenvalue weighted by molar-refractivity contribution is 0.396. The maximum Gasteiger partial charge on any atom is 0.213 e. The minimum atomic E-state index is -0.234. The molecule has 6 nitrogen and oxygen atoms in total. The summed E-state index contributed by atoms with van der Waals surface area (Å²) in [6.07, 6.45) is 2.73. The van der Waals surface area contributed by atoms with Crippen molar-refractivity contribution < 1.29 is 9.13 Å². The van der Waals surface area contributed by atoms with Crippen molar-refractivity contribution in [3.05, 3.63) is 59.7 Å². The van der Waals surface area contributed by atoms with E-state index in [9.17, 15) is 4.39 Å². The molecule has 0 aliphatic carbocycles. The second kappa shape index (κ2) is 10.8. The van der Waals surface area contributed by atoms with Crippen molar-refractivity contribution in [1.82, 2.24) is 20.6 Å². The molecule has 0 saturated heterocycles. The average molecular weight is 497 g/mol. The largest absolute Gasteiger partial charge is 0.481 e. The van der Waals surface area contributed by atoms with Crippen LogP contribution in [0.25, 0.3) is 10.9 Å². The molecule has 3 rings (SSSR count). The minimum absolute atomic E-state index is 0. The van der Waals surface area contributed by atoms with Gasteiger partial charge in [0, 0.05) is 36.3 Å². The highest BCUT2D eigenvalue weighted by molar-refractivity contribution is 14.0. The van der Waals surface area contributed by atoms with Crippen LogP contribution in [0, 0.1) is 5.82 Å². The molecule has 0 aliphatic rings. The van der Waals surface area contributed by atoms with Crippen LogP contribution < -0.4 is 15.4 Å². The fraction of sp³-hybridized carbons (Fsp3) is 0.300. The summed E-state index contributed by atoms with van der Waals surface area (Å²) < 4.78 is 18.4. The Labute approximate surface area is 181 Å². The number of nitrogens with one attached hydrogen (secondary N) is 3. The summed E-state index contributed by atoms with van der Waals surface area (Å²) in [7, 11) is 1.60. The van der Waals surface area contributed by atoms with E-state index >= 15 is 0 Å². The van der Waals surface area contributed by atoms with Crippen molar-refractivity contribution in [3.8, 4) is 5.88 Å². The van der Waals surface area contributed by atoms with E-state index in [0.717, 1.165) is 41.1 Å². The second-order valence-corrected chi connectivity index (χ2v) is 6.05. The molecular formula is C20H25FIN5O. The number of H-pyrrole nitrogens is 1. The van der Waals surface area contributed by atoms with E-state index in [4.69, 9.17) is 4.74 Å². The molecule has 0 fully saturated rings. The molecule has 2 aromatic heterocycles. The Morgan fingerprint density at radius 1 is 1.25 bits per heavy atom. The summed E-state index contributed by atoms with van der Waals surface area (Å²) in [5, 5.41) is 7.60. The van der Waals surface area contributed by atoms with Crippen molar-refractivity contribution >= 4 is 40.8 Å². The van der Waals surface area contributed by atoms with E-state index in [1.807, 2.05) is 37.4 Å². The van der Waals surface area contributed by atoms with Crippen LogP contribution in [-0.4, -0.2) is 36.1 Å². The molecule has 0 bridgehead atoms. The van der Waals surface area contributed by atoms with Crippen LogP contribution in [0.4, 0.5) is 4.39 Å². The minimum Gasteiger partial charge on any atom is -0.481 e. The van der Waals surface area contributed by atoms with Crippen LogP contribution in [0.1, 0.15) is 18.2 Å². The first-order valence-corrected chi connectivity index (χ1v) is 8.97. The molecule has 0 saturated carbocycles. The van der Waals surface area contributed by atoms with Gasteiger partial charge in [0.1, 0.15) is 5.82 Å². The van der Waals surface area contributed by atoms with Gasteiger partial charge in [0.2, 0.25) is 5.88 Å². The molecule has 150 valence electrons. The van der Waals surface area contributed by atoms with E-state index < -0.39 is 0 Å². The third-order valence-electron chi connectivity index (χ3n) is 4.15. The molecule has 28 heavy (non-hydrogen) atoms. The summed E-state index contributed by atoms with van der Waals surface area (Å²) in [5.74, 6) is 1.08. The average Bonchev–Trinajstić information content (AvgIpc) is 3.08. The zero-order valence-electron chi connectivity index (χ0n) is 16.0. The van der Waals surface area contributed by atoms with Gasteiger partial charge in [-0.15, -0.1) is 24.0 Å². The second-order valence-electron chi connectivity index (χ2n) is 6.05. The Bertz CT molecular complexity index is 928. The van der Waals surface area contributed by atoms with E-state index in [1.54, 1.807) is 7.11 Å². The number of fused-ring (bicyclic) bond motifs is 1. The number of benzene rings is 1. The van der Waals surface area contributed by atoms with Crippen molar-refractivity contribution in [2.45, 2.75) is 19.9 Å². The Hall–Kier alpha value is -2.36. The number of pyridine rings is 1. The van der Waals surface area contributed by atoms with Gasteiger partial charge in [-0.3, -0.25) is 0 Å². The summed E-state index contributed by atoms with van der Waals surface area (Å²) in [6.45, 7) is 3.96. The van der Waals surface area contributed by atoms with Gasteiger partial charge in [0.15, 0.2) is 5.96 Å². The van der Waals surface area contributed by atoms with Gasteiger partial charge in [-0.1, -0.05) is 6.07 Å². The Morgan fingerprint density at radius 2 is 2.11 bits per heavy atom. The monoisotopic (exact) mass is 497 g/mol. The van der Waals surface area contributed by atoms with Crippen LogP contribution in [0.3, 0.4) is 0 Å². The highest BCUT2D eigenvalue weighted by Gasteiger charge is 2.05. The smallest absolute Gasteiger partial charge is 0.213 e. The van der Waals surface area contributed by atoms with Gasteiger partial charge in [0.25, 0.3) is 0 Å². The van der Waals surface area contributed by atoms with Gasteiger partial charge in [-0.2, -0.15) is 0 Å². The molecule has 0 radical (unpaired) electrons. The molecule has 0 amide bonds. The fourth-order valence-electron chi connectivity index (χ4n) is 2.84. The van der Waals surface area contributed by atoms with E-state index in [2.05, 4.69) is 25.6 Å². The number of aromatic amines is 1. The molecule has 3 N–H and O–H groups in total. The predicted molar refractivity (Wildman–Crippen MR) is 121 cm³/mol. The zero-order chi connectivity index (χ0) is 19.1. The molecule has 0 atom stereocenters. The molecule has 1 aromatic carbocycles. The fourth-order valence-corrected chi connectivity index (χ4v) is 2.84. The van der Waals surface area contributed by atoms with Crippen LogP contribution in [0.5, 0.6) is 5.88 Å². The third-order valence-corrected chi connectivity index (χ3v) is 4.15. The number of hydrogen-bond acceptors (Lipinski definition) is 3. The SMILES string of the molecule is CCNC(=NCc1cccc(OC)n1)NCCc1c[nH]c2cc(F)ccc12.I. The summed E-state index contributed by atoms with van der Waals surface area (Å²) >= 11 is 0. The maximum atomic E-state index is 13.3. The van der Waals surface area contributed by atoms with Gasteiger partial charge in [0.05, 0.1) is 19.3 Å². The standard InChI is InChI=1S/C20H24FN5O.HI/c1-3-22-20(25-13-16-5-4-6-19(26-16)27-2)23-10-9-14-12-24-18-11-15(21)7-8-17(14)18;/h4-8,11-12,24H,3,9-10,13H2,1-2H3,(H2,22,23,25);1H. The van der Waals surface area contributed by atoms with Gasteiger partial charge in [-0.25, -0.2) is 14.4 Å². The number of nitrogens with zero attached hydrogens (tertiary/aromatic N) is 2. The summed E-state index contributed by atoms with van der Waals surface area (Å²) in [6, 6.07) is 10.4. The number of ether oxygens (including phenoxy) is 1. The summed E-state index contributed by atoms with van der Waals surface area (Å²) in [4.78, 5) is 12.1. The van der Waals surface area contributed by atoms with Crippen LogP contribution in [0.15, 0.2) is 47.6 Å². The van der Waals surface area contributed by atoms with Crippen molar-refractivity contribution in [3.63, 3.8) is 0 Å². The molecule has 0 unspecified atom stereocenters. The first kappa shape index (κ1) is 21.9. The molecule has 0 aliphatic heterocycles. The topological polar surface area (TPSA) is 74.3 Å². The van der Waals surface area contributed by atoms with Gasteiger partial charge in [-0.05, 0) is 43.2 Å². The molecule has 2 heterocycles. The highest BCUT2D eigenvalue weighted by atomic mass is 127. The van der Waals surface area contributed by atoms with Crippen molar-refractivity contribution in [1.29, 1.82) is 0 Å². The number of hydrogen-bond donors (Lipinski definition) is 3. The first-order valence-electron chi connectivity index (χ1n) is 8.97. The van der Waals surface area contributed by atoms with E-state index in [0.29, 0.717) is 19.0 Å². The zero-order valence-corrected chi connectivity index (χ0v) is 18.3. The normalized spacial score (nSPS) is 11.2. The van der Waals surface area contributed by atoms with Crippen LogP contribution in [0.2, 0.25) is 0 Å². The number of aliphatic imine (C=N–C) groups is 1. The van der Waals surface area contributed by atoms with E-state index in [1.165, 1.54) is 12.1 Å². The van der Waals surface area contributed by atoms with Crippen LogP contribution in [-0.2, 0) is 13.0 Å². The number of rotatable bonds is 7. The molecule has 0 spiro atoms. The maximum absolute atomic E-state index is 13.3. The third kappa shape index (κ3) is 5.82. The summed E-state index contributed by atoms with van der Waals surface area (Å²) in [5.41, 5.74) is 2.79. The lowest BCUT2D eigenvalue weighted by Gasteiger charge is -2.11. The van der Waals surface area contributed by atoms with Gasteiger partial charge < -0.3 is 20.4 Å². The lowest BCUT2D eigenvalue weighted by Crippen LogP contribution is -2.38. The lowest BCUT2D eigenvalue weighted by atomic mass is 10.1. The Kier molecular flexibility index (Phi) is 8.49. The van der Waals surface area contributed by atoms with E-state index in [-0.39, 0.29) is 29.8 Å². The van der Waals surface area contributed by atoms with Crippen molar-refractivity contribution in [2.75, 3.05) is 20.2 Å². The Morgan fingerprint density at radius 3 is 2.89 bits per heavy atom. The molecule has 3 aromatic rings. The Balaban J connectivity index is 0.00000280. The highest BCUT2D eigenvalue weighted by Crippen LogP contribution is 2.19. The number of aromatic nitrogens is 2.